The highest BCUT2D eigenvalue weighted by Crippen LogP contribution is 2.55. The van der Waals surface area contributed by atoms with Crippen molar-refractivity contribution >= 4 is 28.7 Å². The van der Waals surface area contributed by atoms with Crippen LogP contribution in [0, 0.1) is 25.7 Å². The summed E-state index contributed by atoms with van der Waals surface area (Å²) in [7, 11) is 0. The summed E-state index contributed by atoms with van der Waals surface area (Å²) in [6.45, 7) is 13.9. The Balaban J connectivity index is 2.14. The number of hydrogen-bond acceptors (Lipinski definition) is 4. The average molecular weight is 470 g/mol. The van der Waals surface area contributed by atoms with Gasteiger partial charge in [-0.3, -0.25) is 0 Å². The summed E-state index contributed by atoms with van der Waals surface area (Å²) in [6, 6.07) is 7.55. The van der Waals surface area contributed by atoms with E-state index in [-0.39, 0.29) is 23.0 Å². The summed E-state index contributed by atoms with van der Waals surface area (Å²) in [4.78, 5) is 12.2. The molecule has 0 atom stereocenters. The van der Waals surface area contributed by atoms with Crippen molar-refractivity contribution in [2.45, 2.75) is 66.2 Å². The van der Waals surface area contributed by atoms with Gasteiger partial charge in [0.15, 0.2) is 0 Å². The fourth-order valence-electron chi connectivity index (χ4n) is 4.02. The summed E-state index contributed by atoms with van der Waals surface area (Å²) >= 11 is 2.14. The van der Waals surface area contributed by atoms with E-state index in [0.717, 1.165) is 9.32 Å². The Kier molecular flexibility index (Phi) is 5.54. The van der Waals surface area contributed by atoms with E-state index in [1.165, 1.54) is 0 Å². The van der Waals surface area contributed by atoms with Crippen LogP contribution in [0.2, 0.25) is 0 Å². The van der Waals surface area contributed by atoms with Gasteiger partial charge in [0.05, 0.1) is 5.56 Å². The highest BCUT2D eigenvalue weighted by Gasteiger charge is 2.64. The molecule has 1 aromatic carbocycles. The van der Waals surface area contributed by atoms with E-state index in [4.69, 9.17) is 14.7 Å². The summed E-state index contributed by atoms with van der Waals surface area (Å²) in [5, 5.41) is 12.1. The Morgan fingerprint density at radius 2 is 1.81 bits per heavy atom. The Hall–Kier alpha value is -1.49. The van der Waals surface area contributed by atoms with Crippen LogP contribution in [-0.2, 0) is 4.74 Å². The smallest absolute Gasteiger partial charge is 0.407 e. The molecule has 0 radical (unpaired) electrons. The van der Waals surface area contributed by atoms with Gasteiger partial charge in [0.2, 0.25) is 0 Å². The number of ether oxygens (including phenoxy) is 2. The van der Waals surface area contributed by atoms with E-state index in [9.17, 15) is 4.79 Å². The molecule has 142 valence electrons. The van der Waals surface area contributed by atoms with Crippen LogP contribution < -0.4 is 10.1 Å². The van der Waals surface area contributed by atoms with E-state index >= 15 is 0 Å². The number of nitriles is 1. The fourth-order valence-corrected chi connectivity index (χ4v) is 4.63. The highest BCUT2D eigenvalue weighted by atomic mass is 127. The first-order chi connectivity index (χ1) is 11.8. The number of carbonyl (C=O) groups is 1. The molecule has 1 saturated carbocycles. The van der Waals surface area contributed by atoms with Gasteiger partial charge in [0.1, 0.15) is 23.5 Å². The molecule has 6 heteroatoms. The maximum atomic E-state index is 12.2. The molecule has 0 unspecified atom stereocenters. The van der Waals surface area contributed by atoms with Gasteiger partial charge in [0, 0.05) is 20.4 Å². The zero-order valence-electron chi connectivity index (χ0n) is 16.4. The maximum absolute atomic E-state index is 12.2. The van der Waals surface area contributed by atoms with Crippen LogP contribution in [0.5, 0.6) is 5.75 Å². The van der Waals surface area contributed by atoms with Gasteiger partial charge >= 0.3 is 6.09 Å². The molecule has 0 saturated heterocycles. The number of carbonyl (C=O) groups excluding carboxylic acids is 1. The molecule has 26 heavy (non-hydrogen) atoms. The molecule has 1 aliphatic carbocycles. The van der Waals surface area contributed by atoms with Crippen molar-refractivity contribution in [3.8, 4) is 11.8 Å². The van der Waals surface area contributed by atoms with Crippen molar-refractivity contribution in [3.63, 3.8) is 0 Å². The number of nitrogens with zero attached hydrogens (tertiary/aromatic N) is 1. The fraction of sp³-hybridized carbons (Fsp3) is 0.600. The summed E-state index contributed by atoms with van der Waals surface area (Å²) in [6.07, 6.45) is -0.492. The Bertz CT molecular complexity index is 728. The van der Waals surface area contributed by atoms with Crippen molar-refractivity contribution < 1.29 is 14.3 Å². The molecular formula is C20H27IN2O3. The zero-order chi connectivity index (χ0) is 19.9. The Morgan fingerprint density at radius 1 is 1.23 bits per heavy atom. The predicted octanol–water partition coefficient (Wildman–Crippen LogP) is 4.87. The molecule has 1 aliphatic rings. The largest absolute Gasteiger partial charge is 0.489 e. The van der Waals surface area contributed by atoms with Crippen molar-refractivity contribution in [2.24, 2.45) is 10.8 Å². The van der Waals surface area contributed by atoms with Crippen molar-refractivity contribution in [1.82, 2.24) is 5.32 Å². The van der Waals surface area contributed by atoms with Gasteiger partial charge in [0.25, 0.3) is 0 Å². The standard InChI is InChI=1S/C20H27IN2O3/c1-18(2,3)26-17(24)23-15-19(4,5)16(20(15,6)7)25-13-9-8-12(11-22)14(21)10-13/h8-10,15-16H,1-7H3,(H,23,24). The first kappa shape index (κ1) is 20.8. The number of hydrogen-bond donors (Lipinski definition) is 1. The third-order valence-electron chi connectivity index (χ3n) is 4.82. The molecule has 0 aromatic heterocycles. The van der Waals surface area contributed by atoms with E-state index in [1.54, 1.807) is 6.07 Å². The summed E-state index contributed by atoms with van der Waals surface area (Å²) < 4.78 is 12.5. The van der Waals surface area contributed by atoms with Crippen LogP contribution in [0.1, 0.15) is 54.0 Å². The Morgan fingerprint density at radius 3 is 2.27 bits per heavy atom. The first-order valence-electron chi connectivity index (χ1n) is 8.65. The molecule has 1 N–H and O–H groups in total. The summed E-state index contributed by atoms with van der Waals surface area (Å²) in [5.74, 6) is 0.732. The van der Waals surface area contributed by atoms with Crippen molar-refractivity contribution in [1.29, 1.82) is 5.26 Å². The monoisotopic (exact) mass is 470 g/mol. The molecule has 2 rings (SSSR count). The molecule has 5 nitrogen and oxygen atoms in total. The number of alkyl carbamates (subject to hydrolysis) is 1. The van der Waals surface area contributed by atoms with Gasteiger partial charge in [-0.2, -0.15) is 5.26 Å². The second kappa shape index (κ2) is 6.91. The van der Waals surface area contributed by atoms with Crippen molar-refractivity contribution in [2.75, 3.05) is 0 Å². The number of nitrogens with one attached hydrogen (secondary N) is 1. The van der Waals surface area contributed by atoms with Crippen LogP contribution in [0.3, 0.4) is 0 Å². The van der Waals surface area contributed by atoms with Crippen molar-refractivity contribution in [3.05, 3.63) is 27.3 Å². The van der Waals surface area contributed by atoms with Gasteiger partial charge in [-0.25, -0.2) is 4.79 Å². The topological polar surface area (TPSA) is 71.3 Å². The van der Waals surface area contributed by atoms with Gasteiger partial charge < -0.3 is 14.8 Å². The molecule has 0 aliphatic heterocycles. The van der Waals surface area contributed by atoms with Crippen LogP contribution >= 0.6 is 22.6 Å². The van der Waals surface area contributed by atoms with Crippen LogP contribution in [0.15, 0.2) is 18.2 Å². The van der Waals surface area contributed by atoms with Crippen LogP contribution in [0.25, 0.3) is 0 Å². The molecule has 0 bridgehead atoms. The van der Waals surface area contributed by atoms with E-state index in [2.05, 4.69) is 61.7 Å². The van der Waals surface area contributed by atoms with Gasteiger partial charge in [-0.15, -0.1) is 0 Å². The predicted molar refractivity (Wildman–Crippen MR) is 109 cm³/mol. The zero-order valence-corrected chi connectivity index (χ0v) is 18.6. The lowest BCUT2D eigenvalue weighted by atomic mass is 9.49. The lowest BCUT2D eigenvalue weighted by Crippen LogP contribution is -2.74. The second-order valence-corrected chi connectivity index (χ2v) is 10.1. The molecule has 1 amide bonds. The van der Waals surface area contributed by atoms with E-state index in [0.29, 0.717) is 5.56 Å². The third kappa shape index (κ3) is 4.08. The first-order valence-corrected chi connectivity index (χ1v) is 9.72. The van der Waals surface area contributed by atoms with Gasteiger partial charge in [-0.05, 0) is 61.6 Å². The molecule has 0 spiro atoms. The molecular weight excluding hydrogens is 443 g/mol. The minimum Gasteiger partial charge on any atom is -0.489 e. The number of amides is 1. The minimum absolute atomic E-state index is 0.0766. The van der Waals surface area contributed by atoms with E-state index < -0.39 is 11.7 Å². The van der Waals surface area contributed by atoms with E-state index in [1.807, 2.05) is 32.9 Å². The summed E-state index contributed by atoms with van der Waals surface area (Å²) in [5.41, 5.74) is -0.425. The van der Waals surface area contributed by atoms with Gasteiger partial charge in [-0.1, -0.05) is 27.7 Å². The molecule has 1 aromatic rings. The number of benzene rings is 1. The lowest BCUT2D eigenvalue weighted by Gasteiger charge is -2.62. The second-order valence-electron chi connectivity index (χ2n) is 8.97. The minimum atomic E-state index is -0.531. The lowest BCUT2D eigenvalue weighted by molar-refractivity contribution is -0.166. The highest BCUT2D eigenvalue weighted by molar-refractivity contribution is 14.1. The molecule has 1 fully saturated rings. The third-order valence-corrected chi connectivity index (χ3v) is 5.71. The number of rotatable bonds is 3. The normalized spacial score (nSPS) is 23.3. The quantitative estimate of drug-likeness (QED) is 0.640. The molecule has 0 heterocycles. The Labute approximate surface area is 169 Å². The number of halogens is 1. The SMILES string of the molecule is CC(C)(C)OC(=O)NC1C(C)(C)C(Oc2ccc(C#N)c(I)c2)C1(C)C. The maximum Gasteiger partial charge on any atom is 0.407 e. The van der Waals surface area contributed by atoms with Crippen LogP contribution in [-0.4, -0.2) is 23.8 Å². The average Bonchev–Trinajstić information content (AvgIpc) is 2.48. The van der Waals surface area contributed by atoms with Crippen LogP contribution in [0.4, 0.5) is 4.79 Å².